The van der Waals surface area contributed by atoms with Gasteiger partial charge in [-0.15, -0.1) is 0 Å². The first kappa shape index (κ1) is 28.2. The van der Waals surface area contributed by atoms with Gasteiger partial charge in [0.1, 0.15) is 6.10 Å². The number of ether oxygens (including phenoxy) is 3. The van der Waals surface area contributed by atoms with Crippen LogP contribution in [0.5, 0.6) is 0 Å². The Bertz CT molecular complexity index is 1130. The van der Waals surface area contributed by atoms with Crippen LogP contribution in [0.2, 0.25) is 5.04 Å². The fourth-order valence-electron chi connectivity index (χ4n) is 5.29. The standard InChI is InChI=1S/C31H38O6Si/c1-22-26(32)28(29(33)34-5)36-30(27(22)35-21-23-15-9-6-10-16-23)37-38(31(2,3)4,24-17-11-7-12-18-24)25-19-13-8-14-20-25/h6-20,22,26-28,30,32H,21H2,1-5H3/t22?,26-,27-,28?,30-/m0/s1. The molecule has 0 bridgehead atoms. The van der Waals surface area contributed by atoms with Crippen LogP contribution in [0, 0.1) is 5.92 Å². The van der Waals surface area contributed by atoms with Crippen LogP contribution in [0.3, 0.4) is 0 Å². The number of methoxy groups -OCH3 is 1. The Hall–Kier alpha value is -2.81. The minimum absolute atomic E-state index is 0.315. The first-order valence-corrected chi connectivity index (χ1v) is 15.0. The van der Waals surface area contributed by atoms with E-state index in [-0.39, 0.29) is 5.04 Å². The van der Waals surface area contributed by atoms with Crippen molar-refractivity contribution < 1.29 is 28.5 Å². The van der Waals surface area contributed by atoms with E-state index in [0.29, 0.717) is 6.61 Å². The van der Waals surface area contributed by atoms with Gasteiger partial charge in [-0.25, -0.2) is 4.79 Å². The van der Waals surface area contributed by atoms with Gasteiger partial charge in [-0.2, -0.15) is 0 Å². The number of aliphatic hydroxyl groups excluding tert-OH is 1. The third-order valence-electron chi connectivity index (χ3n) is 7.34. The lowest BCUT2D eigenvalue weighted by molar-refractivity contribution is -0.271. The number of carbonyl (C=O) groups is 1. The molecule has 0 saturated carbocycles. The fourth-order valence-corrected chi connectivity index (χ4v) is 9.84. The van der Waals surface area contributed by atoms with Gasteiger partial charge in [0.2, 0.25) is 0 Å². The average molecular weight is 535 g/mol. The summed E-state index contributed by atoms with van der Waals surface area (Å²) in [6.07, 6.45) is -3.85. The molecule has 0 radical (unpaired) electrons. The molecule has 1 aliphatic heterocycles. The highest BCUT2D eigenvalue weighted by Crippen LogP contribution is 2.40. The zero-order valence-corrected chi connectivity index (χ0v) is 23.7. The molecule has 1 fully saturated rings. The van der Waals surface area contributed by atoms with Crippen LogP contribution < -0.4 is 10.4 Å². The van der Waals surface area contributed by atoms with Crippen LogP contribution in [0.4, 0.5) is 0 Å². The lowest BCUT2D eigenvalue weighted by atomic mass is 9.90. The molecule has 1 heterocycles. The van der Waals surface area contributed by atoms with Gasteiger partial charge in [0.05, 0.1) is 19.8 Å². The number of hydrogen-bond donors (Lipinski definition) is 1. The zero-order valence-electron chi connectivity index (χ0n) is 22.7. The molecular formula is C31H38O6Si. The summed E-state index contributed by atoms with van der Waals surface area (Å²) in [5, 5.41) is 12.9. The lowest BCUT2D eigenvalue weighted by Gasteiger charge is -2.49. The molecule has 6 nitrogen and oxygen atoms in total. The predicted octanol–water partition coefficient (Wildman–Crippen LogP) is 4.04. The molecule has 0 aliphatic carbocycles. The molecule has 0 amide bonds. The first-order chi connectivity index (χ1) is 18.2. The Morgan fingerprint density at radius 3 is 1.87 bits per heavy atom. The van der Waals surface area contributed by atoms with Crippen molar-refractivity contribution in [1.29, 1.82) is 0 Å². The summed E-state index contributed by atoms with van der Waals surface area (Å²) >= 11 is 0. The fraction of sp³-hybridized carbons (Fsp3) is 0.387. The van der Waals surface area contributed by atoms with Crippen molar-refractivity contribution in [2.45, 2.75) is 63.9 Å². The Labute approximate surface area is 226 Å². The molecule has 38 heavy (non-hydrogen) atoms. The highest BCUT2D eigenvalue weighted by molar-refractivity contribution is 6.99. The highest BCUT2D eigenvalue weighted by atomic mass is 28.4. The van der Waals surface area contributed by atoms with Gasteiger partial charge in [0.15, 0.2) is 12.4 Å². The molecule has 3 aromatic rings. The van der Waals surface area contributed by atoms with Crippen molar-refractivity contribution in [1.82, 2.24) is 0 Å². The molecule has 202 valence electrons. The first-order valence-electron chi connectivity index (χ1n) is 13.0. The summed E-state index contributed by atoms with van der Waals surface area (Å²) < 4.78 is 24.9. The Balaban J connectivity index is 1.81. The van der Waals surface area contributed by atoms with Crippen molar-refractivity contribution in [2.75, 3.05) is 7.11 Å². The van der Waals surface area contributed by atoms with E-state index in [9.17, 15) is 9.90 Å². The number of rotatable bonds is 8. The second-order valence-corrected chi connectivity index (χ2v) is 15.1. The molecule has 7 heteroatoms. The average Bonchev–Trinajstić information content (AvgIpc) is 2.93. The Kier molecular flexibility index (Phi) is 8.85. The van der Waals surface area contributed by atoms with Crippen LogP contribution in [0.25, 0.3) is 0 Å². The minimum Gasteiger partial charge on any atom is -0.467 e. The van der Waals surface area contributed by atoms with Crippen molar-refractivity contribution in [2.24, 2.45) is 5.92 Å². The SMILES string of the molecule is COC(=O)C1O[C@@H](O[Si](c2ccccc2)(c2ccccc2)C(C)(C)C)[C@@H](OCc2ccccc2)C(C)[C@@H]1O. The second kappa shape index (κ2) is 11.9. The molecule has 4 rings (SSSR count). The van der Waals surface area contributed by atoms with Crippen molar-refractivity contribution in [3.8, 4) is 0 Å². The molecular weight excluding hydrogens is 496 g/mol. The van der Waals surface area contributed by atoms with Crippen LogP contribution in [-0.4, -0.2) is 51.1 Å². The summed E-state index contributed by atoms with van der Waals surface area (Å²) in [4.78, 5) is 12.7. The highest BCUT2D eigenvalue weighted by Gasteiger charge is 2.56. The normalized spacial score (nSPS) is 24.1. The van der Waals surface area contributed by atoms with Crippen LogP contribution in [-0.2, 0) is 30.0 Å². The van der Waals surface area contributed by atoms with E-state index in [1.165, 1.54) is 7.11 Å². The van der Waals surface area contributed by atoms with E-state index < -0.39 is 44.8 Å². The monoisotopic (exact) mass is 534 g/mol. The quantitative estimate of drug-likeness (QED) is 0.347. The van der Waals surface area contributed by atoms with Crippen molar-refractivity contribution in [3.63, 3.8) is 0 Å². The van der Waals surface area contributed by atoms with E-state index in [4.69, 9.17) is 18.6 Å². The summed E-state index contributed by atoms with van der Waals surface area (Å²) in [7, 11) is -1.76. The van der Waals surface area contributed by atoms with Gasteiger partial charge in [-0.05, 0) is 21.0 Å². The van der Waals surface area contributed by atoms with Gasteiger partial charge >= 0.3 is 5.97 Å². The third kappa shape index (κ3) is 5.62. The van der Waals surface area contributed by atoms with Crippen LogP contribution in [0.1, 0.15) is 33.3 Å². The minimum atomic E-state index is -3.05. The molecule has 1 saturated heterocycles. The maximum Gasteiger partial charge on any atom is 0.337 e. The number of hydrogen-bond acceptors (Lipinski definition) is 6. The number of carbonyl (C=O) groups excluding carboxylic acids is 1. The van der Waals surface area contributed by atoms with Gasteiger partial charge in [-0.3, -0.25) is 0 Å². The molecule has 0 aromatic heterocycles. The third-order valence-corrected chi connectivity index (χ3v) is 12.3. The van der Waals surface area contributed by atoms with E-state index in [1.807, 2.05) is 73.7 Å². The van der Waals surface area contributed by atoms with Gasteiger partial charge in [0, 0.05) is 5.92 Å². The molecule has 5 atom stereocenters. The van der Waals surface area contributed by atoms with E-state index >= 15 is 0 Å². The van der Waals surface area contributed by atoms with Crippen molar-refractivity contribution in [3.05, 3.63) is 96.6 Å². The second-order valence-electron chi connectivity index (χ2n) is 10.8. The summed E-state index contributed by atoms with van der Waals surface area (Å²) in [5.74, 6) is -1.10. The summed E-state index contributed by atoms with van der Waals surface area (Å²) in [5.41, 5.74) is 0.994. The van der Waals surface area contributed by atoms with E-state index in [2.05, 4.69) is 45.0 Å². The molecule has 0 spiro atoms. The maximum atomic E-state index is 12.7. The van der Waals surface area contributed by atoms with Crippen molar-refractivity contribution >= 4 is 24.7 Å². The van der Waals surface area contributed by atoms with E-state index in [1.54, 1.807) is 0 Å². The topological polar surface area (TPSA) is 74.2 Å². The van der Waals surface area contributed by atoms with E-state index in [0.717, 1.165) is 15.9 Å². The van der Waals surface area contributed by atoms with Gasteiger partial charge < -0.3 is 23.7 Å². The van der Waals surface area contributed by atoms with Crippen LogP contribution in [0.15, 0.2) is 91.0 Å². The summed E-state index contributed by atoms with van der Waals surface area (Å²) in [6, 6.07) is 30.3. The lowest BCUT2D eigenvalue weighted by Crippen LogP contribution is -2.70. The molecule has 1 N–H and O–H groups in total. The number of esters is 1. The Morgan fingerprint density at radius 2 is 1.39 bits per heavy atom. The number of benzene rings is 3. The largest absolute Gasteiger partial charge is 0.467 e. The maximum absolute atomic E-state index is 12.7. The molecule has 3 aromatic carbocycles. The van der Waals surface area contributed by atoms with Crippen LogP contribution >= 0.6 is 0 Å². The number of aliphatic hydroxyl groups is 1. The molecule has 1 aliphatic rings. The van der Waals surface area contributed by atoms with Gasteiger partial charge in [0.25, 0.3) is 8.32 Å². The predicted molar refractivity (Wildman–Crippen MR) is 150 cm³/mol. The summed E-state index contributed by atoms with van der Waals surface area (Å²) in [6.45, 7) is 8.71. The molecule has 2 unspecified atom stereocenters. The zero-order chi connectivity index (χ0) is 27.3. The van der Waals surface area contributed by atoms with Gasteiger partial charge in [-0.1, -0.05) is 119 Å². The Morgan fingerprint density at radius 1 is 0.895 bits per heavy atom. The smallest absolute Gasteiger partial charge is 0.337 e.